The second kappa shape index (κ2) is 7.50. The lowest BCUT2D eigenvalue weighted by molar-refractivity contribution is 0.284. The monoisotopic (exact) mass is 357 g/mol. The van der Waals surface area contributed by atoms with E-state index in [0.717, 1.165) is 34.4 Å². The van der Waals surface area contributed by atoms with Crippen molar-refractivity contribution in [2.24, 2.45) is 17.1 Å². The number of halogens is 1. The van der Waals surface area contributed by atoms with Crippen molar-refractivity contribution in [3.05, 3.63) is 22.2 Å². The van der Waals surface area contributed by atoms with Gasteiger partial charge in [0.25, 0.3) is 0 Å². The number of ether oxygens (including phenoxy) is 2. The smallest absolute Gasteiger partial charge is 0.133 e. The fourth-order valence-electron chi connectivity index (χ4n) is 2.86. The lowest BCUT2D eigenvalue weighted by Gasteiger charge is -2.26. The van der Waals surface area contributed by atoms with Gasteiger partial charge in [0.1, 0.15) is 11.5 Å². The van der Waals surface area contributed by atoms with Crippen molar-refractivity contribution in [1.82, 2.24) is 0 Å². The summed E-state index contributed by atoms with van der Waals surface area (Å²) in [5.74, 6) is 2.14. The molecule has 0 aliphatic rings. The third-order valence-corrected chi connectivity index (χ3v) is 4.14. The van der Waals surface area contributed by atoms with Crippen LogP contribution in [0.2, 0.25) is 0 Å². The zero-order valence-electron chi connectivity index (χ0n) is 14.0. The Morgan fingerprint density at radius 1 is 1.14 bits per heavy atom. The number of hydrogen-bond donors (Lipinski definition) is 1. The van der Waals surface area contributed by atoms with Gasteiger partial charge in [-0.05, 0) is 52.2 Å². The minimum Gasteiger partial charge on any atom is -0.496 e. The van der Waals surface area contributed by atoms with E-state index in [0.29, 0.717) is 11.3 Å². The van der Waals surface area contributed by atoms with Gasteiger partial charge in [-0.3, -0.25) is 0 Å². The highest BCUT2D eigenvalue weighted by molar-refractivity contribution is 9.10. The van der Waals surface area contributed by atoms with E-state index in [2.05, 4.69) is 43.6 Å². The predicted molar refractivity (Wildman–Crippen MR) is 92.0 cm³/mol. The first kappa shape index (κ1) is 18.3. The molecule has 21 heavy (non-hydrogen) atoms. The van der Waals surface area contributed by atoms with Gasteiger partial charge in [-0.25, -0.2) is 0 Å². The largest absolute Gasteiger partial charge is 0.496 e. The molecule has 2 unspecified atom stereocenters. The Bertz CT molecular complexity index is 469. The molecule has 1 aromatic carbocycles. The minimum atomic E-state index is -0.0562. The van der Waals surface area contributed by atoms with Crippen molar-refractivity contribution in [3.63, 3.8) is 0 Å². The second-order valence-electron chi connectivity index (χ2n) is 6.94. The average Bonchev–Trinajstić information content (AvgIpc) is 2.35. The number of hydrogen-bond acceptors (Lipinski definition) is 3. The molecular weight excluding hydrogens is 330 g/mol. The van der Waals surface area contributed by atoms with Gasteiger partial charge in [-0.2, -0.15) is 0 Å². The molecule has 0 fully saturated rings. The van der Waals surface area contributed by atoms with E-state index in [-0.39, 0.29) is 6.04 Å². The first-order valence-corrected chi connectivity index (χ1v) is 8.14. The summed E-state index contributed by atoms with van der Waals surface area (Å²) in [7, 11) is 3.33. The molecule has 0 saturated heterocycles. The molecule has 1 aromatic rings. The molecule has 1 rings (SSSR count). The average molecular weight is 358 g/mol. The van der Waals surface area contributed by atoms with Gasteiger partial charge < -0.3 is 15.2 Å². The maximum absolute atomic E-state index is 6.41. The number of nitrogens with two attached hydrogens (primary N) is 1. The van der Waals surface area contributed by atoms with Gasteiger partial charge in [0, 0.05) is 11.6 Å². The van der Waals surface area contributed by atoms with E-state index in [1.807, 2.05) is 12.1 Å². The SMILES string of the molecule is COc1cc(C(N)CC(C)CC(C)(C)C)c(OC)cc1Br. The van der Waals surface area contributed by atoms with Gasteiger partial charge in [0.15, 0.2) is 0 Å². The molecule has 0 spiro atoms. The predicted octanol–water partition coefficient (Wildman–Crippen LogP) is 4.93. The van der Waals surface area contributed by atoms with Crippen LogP contribution in [0.5, 0.6) is 11.5 Å². The normalized spacial score (nSPS) is 14.7. The second-order valence-corrected chi connectivity index (χ2v) is 7.80. The fraction of sp³-hybridized carbons (Fsp3) is 0.647. The van der Waals surface area contributed by atoms with Crippen LogP contribution in [-0.4, -0.2) is 14.2 Å². The van der Waals surface area contributed by atoms with Crippen molar-refractivity contribution in [2.45, 2.75) is 46.6 Å². The summed E-state index contributed by atoms with van der Waals surface area (Å²) >= 11 is 3.48. The molecule has 0 radical (unpaired) electrons. The summed E-state index contributed by atoms with van der Waals surface area (Å²) in [6.45, 7) is 9.04. The van der Waals surface area contributed by atoms with Crippen molar-refractivity contribution in [3.8, 4) is 11.5 Å². The maximum Gasteiger partial charge on any atom is 0.133 e. The Balaban J connectivity index is 2.93. The van der Waals surface area contributed by atoms with Gasteiger partial charge in [-0.1, -0.05) is 27.7 Å². The summed E-state index contributed by atoms with van der Waals surface area (Å²) in [6.07, 6.45) is 2.08. The van der Waals surface area contributed by atoms with Crippen LogP contribution < -0.4 is 15.2 Å². The minimum absolute atomic E-state index is 0.0562. The maximum atomic E-state index is 6.41. The van der Waals surface area contributed by atoms with Crippen LogP contribution in [0.1, 0.15) is 52.1 Å². The standard InChI is InChI=1S/C17H28BrNO2/c1-11(10-17(2,3)4)7-14(19)12-8-16(21-6)13(18)9-15(12)20-5/h8-9,11,14H,7,10,19H2,1-6H3. The quantitative estimate of drug-likeness (QED) is 0.784. The van der Waals surface area contributed by atoms with E-state index in [4.69, 9.17) is 15.2 Å². The van der Waals surface area contributed by atoms with Crippen LogP contribution in [0.15, 0.2) is 16.6 Å². The van der Waals surface area contributed by atoms with Crippen LogP contribution in [0.3, 0.4) is 0 Å². The van der Waals surface area contributed by atoms with Crippen LogP contribution in [0.25, 0.3) is 0 Å². The molecule has 0 saturated carbocycles. The van der Waals surface area contributed by atoms with Crippen molar-refractivity contribution in [1.29, 1.82) is 0 Å². The third-order valence-electron chi connectivity index (χ3n) is 3.52. The van der Waals surface area contributed by atoms with Gasteiger partial charge in [0.2, 0.25) is 0 Å². The Morgan fingerprint density at radius 3 is 2.19 bits per heavy atom. The van der Waals surface area contributed by atoms with Crippen LogP contribution in [0.4, 0.5) is 0 Å². The van der Waals surface area contributed by atoms with E-state index >= 15 is 0 Å². The molecule has 0 aliphatic heterocycles. The summed E-state index contributed by atoms with van der Waals surface area (Å²) in [5.41, 5.74) is 7.73. The highest BCUT2D eigenvalue weighted by Gasteiger charge is 2.21. The van der Waals surface area contributed by atoms with E-state index in [9.17, 15) is 0 Å². The number of methoxy groups -OCH3 is 2. The Labute approximate surface area is 137 Å². The van der Waals surface area contributed by atoms with Gasteiger partial charge in [-0.15, -0.1) is 0 Å². The van der Waals surface area contributed by atoms with E-state index in [1.54, 1.807) is 14.2 Å². The van der Waals surface area contributed by atoms with E-state index < -0.39 is 0 Å². The van der Waals surface area contributed by atoms with Crippen LogP contribution >= 0.6 is 15.9 Å². The highest BCUT2D eigenvalue weighted by Crippen LogP contribution is 2.38. The third kappa shape index (κ3) is 5.51. The lowest BCUT2D eigenvalue weighted by atomic mass is 9.82. The summed E-state index contributed by atoms with van der Waals surface area (Å²) in [5, 5.41) is 0. The Kier molecular flexibility index (Phi) is 6.54. The molecule has 0 bridgehead atoms. The molecular formula is C17H28BrNO2. The van der Waals surface area contributed by atoms with Crippen LogP contribution in [-0.2, 0) is 0 Å². The molecule has 0 amide bonds. The molecule has 120 valence electrons. The lowest BCUT2D eigenvalue weighted by Crippen LogP contribution is -2.18. The molecule has 0 aliphatic carbocycles. The van der Waals surface area contributed by atoms with Gasteiger partial charge >= 0.3 is 0 Å². The summed E-state index contributed by atoms with van der Waals surface area (Å²) in [4.78, 5) is 0. The Hall–Kier alpha value is -0.740. The first-order chi connectivity index (χ1) is 9.67. The molecule has 4 heteroatoms. The summed E-state index contributed by atoms with van der Waals surface area (Å²) in [6, 6.07) is 3.83. The van der Waals surface area contributed by atoms with Crippen molar-refractivity contribution < 1.29 is 9.47 Å². The topological polar surface area (TPSA) is 44.5 Å². The zero-order chi connectivity index (χ0) is 16.2. The van der Waals surface area contributed by atoms with E-state index in [1.165, 1.54) is 0 Å². The fourth-order valence-corrected chi connectivity index (χ4v) is 3.35. The Morgan fingerprint density at radius 2 is 1.71 bits per heavy atom. The molecule has 0 heterocycles. The van der Waals surface area contributed by atoms with Crippen LogP contribution in [0, 0.1) is 11.3 Å². The zero-order valence-corrected chi connectivity index (χ0v) is 15.6. The first-order valence-electron chi connectivity index (χ1n) is 7.35. The number of benzene rings is 1. The van der Waals surface area contributed by atoms with Crippen molar-refractivity contribution in [2.75, 3.05) is 14.2 Å². The highest BCUT2D eigenvalue weighted by atomic mass is 79.9. The molecule has 2 atom stereocenters. The molecule has 3 nitrogen and oxygen atoms in total. The molecule has 0 aromatic heterocycles. The van der Waals surface area contributed by atoms with Crippen molar-refractivity contribution >= 4 is 15.9 Å². The summed E-state index contributed by atoms with van der Waals surface area (Å²) < 4.78 is 11.7. The molecule has 2 N–H and O–H groups in total. The van der Waals surface area contributed by atoms with Gasteiger partial charge in [0.05, 0.1) is 18.7 Å². The number of rotatable bonds is 6.